The van der Waals surface area contributed by atoms with Gasteiger partial charge in [0, 0.05) is 18.8 Å². The van der Waals surface area contributed by atoms with Gasteiger partial charge in [0.1, 0.15) is 6.54 Å². The summed E-state index contributed by atoms with van der Waals surface area (Å²) in [6.07, 6.45) is 1.24. The van der Waals surface area contributed by atoms with E-state index >= 15 is 0 Å². The first kappa shape index (κ1) is 23.5. The Morgan fingerprint density at radius 2 is 1.85 bits per heavy atom. The number of hydrogen-bond donors (Lipinski definition) is 1. The molecule has 1 aliphatic heterocycles. The third kappa shape index (κ3) is 5.30. The molecular formula is C22H22N4O7S. The number of para-hydroxylation sites is 1. The summed E-state index contributed by atoms with van der Waals surface area (Å²) >= 11 is 0. The molecule has 11 nitrogen and oxygen atoms in total. The molecule has 0 spiro atoms. The van der Waals surface area contributed by atoms with E-state index in [9.17, 15) is 22.8 Å². The Morgan fingerprint density at radius 1 is 1.09 bits per heavy atom. The largest absolute Gasteiger partial charge is 0.454 e. The summed E-state index contributed by atoms with van der Waals surface area (Å²) in [5.41, 5.74) is 0.352. The molecule has 1 aromatic heterocycles. The van der Waals surface area contributed by atoms with Gasteiger partial charge in [-0.2, -0.15) is 4.31 Å². The molecule has 34 heavy (non-hydrogen) atoms. The summed E-state index contributed by atoms with van der Waals surface area (Å²) < 4.78 is 38.1. The minimum absolute atomic E-state index is 0.0346. The van der Waals surface area contributed by atoms with Crippen molar-refractivity contribution in [1.82, 2.24) is 13.9 Å². The van der Waals surface area contributed by atoms with Gasteiger partial charge in [0.05, 0.1) is 35.3 Å². The summed E-state index contributed by atoms with van der Waals surface area (Å²) in [6, 6.07) is 12.5. The quantitative estimate of drug-likeness (QED) is 0.480. The summed E-state index contributed by atoms with van der Waals surface area (Å²) in [6.45, 7) is 0.145. The maximum Gasteiger partial charge on any atom is 0.326 e. The first-order valence-electron chi connectivity index (χ1n) is 10.4. The molecule has 0 bridgehead atoms. The molecule has 1 aliphatic rings. The Hall–Kier alpha value is -3.61. The Morgan fingerprint density at radius 3 is 2.65 bits per heavy atom. The number of aromatic nitrogens is 2. The number of carbonyl (C=O) groups is 2. The van der Waals surface area contributed by atoms with Crippen molar-refractivity contribution >= 4 is 38.5 Å². The number of carbonyl (C=O) groups excluding carboxylic acids is 2. The fourth-order valence-electron chi connectivity index (χ4n) is 3.42. The first-order valence-corrected chi connectivity index (χ1v) is 11.9. The van der Waals surface area contributed by atoms with Gasteiger partial charge in [0.15, 0.2) is 6.61 Å². The topological polar surface area (TPSA) is 137 Å². The zero-order valence-electron chi connectivity index (χ0n) is 18.0. The lowest BCUT2D eigenvalue weighted by molar-refractivity contribution is -0.147. The monoisotopic (exact) mass is 486 g/mol. The van der Waals surface area contributed by atoms with Crippen molar-refractivity contribution in [3.05, 3.63) is 65.2 Å². The number of amides is 1. The van der Waals surface area contributed by atoms with Gasteiger partial charge in [-0.1, -0.05) is 18.2 Å². The molecule has 2 aromatic carbocycles. The van der Waals surface area contributed by atoms with Gasteiger partial charge in [-0.05, 0) is 30.3 Å². The highest BCUT2D eigenvalue weighted by Gasteiger charge is 2.26. The van der Waals surface area contributed by atoms with Crippen molar-refractivity contribution in [3.63, 3.8) is 0 Å². The van der Waals surface area contributed by atoms with Gasteiger partial charge >= 0.3 is 5.97 Å². The lowest BCUT2D eigenvalue weighted by Crippen LogP contribution is -2.40. The van der Waals surface area contributed by atoms with Crippen LogP contribution >= 0.6 is 0 Å². The SMILES string of the molecule is O=C(COC(=O)Cn1cnc2ccccc2c1=O)Nc1cccc(S(=O)(=O)N2CCOCC2)c1. The summed E-state index contributed by atoms with van der Waals surface area (Å²) in [7, 11) is -3.72. The highest BCUT2D eigenvalue weighted by Crippen LogP contribution is 2.20. The normalized spacial score (nSPS) is 14.6. The Balaban J connectivity index is 1.34. The smallest absolute Gasteiger partial charge is 0.326 e. The van der Waals surface area contributed by atoms with Crippen molar-refractivity contribution in [1.29, 1.82) is 0 Å². The van der Waals surface area contributed by atoms with Crippen LogP contribution in [0.25, 0.3) is 10.9 Å². The average molecular weight is 487 g/mol. The number of benzene rings is 2. The molecule has 1 amide bonds. The predicted molar refractivity (Wildman–Crippen MR) is 122 cm³/mol. The maximum absolute atomic E-state index is 12.8. The molecular weight excluding hydrogens is 464 g/mol. The molecule has 4 rings (SSSR count). The van der Waals surface area contributed by atoms with Crippen LogP contribution in [0.1, 0.15) is 0 Å². The van der Waals surface area contributed by atoms with Gasteiger partial charge in [-0.15, -0.1) is 0 Å². The number of anilines is 1. The van der Waals surface area contributed by atoms with Crippen molar-refractivity contribution in [2.45, 2.75) is 11.4 Å². The predicted octanol–water partition coefficient (Wildman–Crippen LogP) is 0.599. The molecule has 12 heteroatoms. The Kier molecular flexibility index (Phi) is 7.01. The lowest BCUT2D eigenvalue weighted by atomic mass is 10.2. The fourth-order valence-corrected chi connectivity index (χ4v) is 4.87. The zero-order valence-corrected chi connectivity index (χ0v) is 18.9. The molecule has 0 saturated carbocycles. The molecule has 1 N–H and O–H groups in total. The fraction of sp³-hybridized carbons (Fsp3) is 0.273. The van der Waals surface area contributed by atoms with Crippen molar-refractivity contribution < 1.29 is 27.5 Å². The Labute approximate surface area is 195 Å². The van der Waals surface area contributed by atoms with Crippen LogP contribution in [-0.2, 0) is 35.6 Å². The van der Waals surface area contributed by atoms with Crippen LogP contribution in [0.3, 0.4) is 0 Å². The van der Waals surface area contributed by atoms with Gasteiger partial charge in [-0.25, -0.2) is 13.4 Å². The number of sulfonamides is 1. The maximum atomic E-state index is 12.8. The van der Waals surface area contributed by atoms with E-state index in [-0.39, 0.29) is 23.7 Å². The van der Waals surface area contributed by atoms with Crippen LogP contribution in [0, 0.1) is 0 Å². The standard InChI is InChI=1S/C22H22N4O7S/c27-20(14-33-21(28)13-25-15-23-19-7-2-1-6-18(19)22(25)29)24-16-4-3-5-17(12-16)34(30,31)26-8-10-32-11-9-26/h1-7,12,15H,8-11,13-14H2,(H,24,27). The number of esters is 1. The van der Waals surface area contributed by atoms with Crippen LogP contribution in [0.2, 0.25) is 0 Å². The van der Waals surface area contributed by atoms with E-state index in [1.807, 2.05) is 0 Å². The van der Waals surface area contributed by atoms with E-state index in [1.165, 1.54) is 34.9 Å². The second-order valence-electron chi connectivity index (χ2n) is 7.45. The van der Waals surface area contributed by atoms with Crippen molar-refractivity contribution in [2.24, 2.45) is 0 Å². The molecule has 3 aromatic rings. The number of nitrogens with zero attached hydrogens (tertiary/aromatic N) is 3. The molecule has 0 atom stereocenters. The van der Waals surface area contributed by atoms with E-state index in [0.717, 1.165) is 4.57 Å². The molecule has 2 heterocycles. The average Bonchev–Trinajstić information content (AvgIpc) is 2.85. The van der Waals surface area contributed by atoms with Gasteiger partial charge in [0.2, 0.25) is 10.0 Å². The molecule has 1 fully saturated rings. The number of fused-ring (bicyclic) bond motifs is 1. The number of rotatable bonds is 7. The van der Waals surface area contributed by atoms with Crippen LogP contribution in [-0.4, -0.2) is 67.1 Å². The number of nitrogens with one attached hydrogen (secondary N) is 1. The lowest BCUT2D eigenvalue weighted by Gasteiger charge is -2.26. The van der Waals surface area contributed by atoms with E-state index in [1.54, 1.807) is 24.3 Å². The van der Waals surface area contributed by atoms with Crippen LogP contribution in [0.15, 0.2) is 64.5 Å². The highest BCUT2D eigenvalue weighted by molar-refractivity contribution is 7.89. The van der Waals surface area contributed by atoms with Gasteiger partial charge < -0.3 is 14.8 Å². The van der Waals surface area contributed by atoms with Crippen molar-refractivity contribution in [2.75, 3.05) is 38.2 Å². The zero-order chi connectivity index (χ0) is 24.1. The van der Waals surface area contributed by atoms with Crippen molar-refractivity contribution in [3.8, 4) is 0 Å². The first-order chi connectivity index (χ1) is 16.3. The van der Waals surface area contributed by atoms with E-state index in [0.29, 0.717) is 24.1 Å². The summed E-state index contributed by atoms with van der Waals surface area (Å²) in [4.78, 5) is 41.0. The third-order valence-electron chi connectivity index (χ3n) is 5.12. The van der Waals surface area contributed by atoms with Gasteiger partial charge in [-0.3, -0.25) is 19.0 Å². The molecule has 0 radical (unpaired) electrons. The van der Waals surface area contributed by atoms with Gasteiger partial charge in [0.25, 0.3) is 11.5 Å². The van der Waals surface area contributed by atoms with E-state index in [2.05, 4.69) is 10.3 Å². The number of hydrogen-bond acceptors (Lipinski definition) is 8. The third-order valence-corrected chi connectivity index (χ3v) is 7.02. The van der Waals surface area contributed by atoms with E-state index < -0.39 is 40.6 Å². The number of ether oxygens (including phenoxy) is 2. The Bertz CT molecular complexity index is 1380. The molecule has 0 aliphatic carbocycles. The number of morpholine rings is 1. The van der Waals surface area contributed by atoms with Crippen LogP contribution in [0.4, 0.5) is 5.69 Å². The highest BCUT2D eigenvalue weighted by atomic mass is 32.2. The molecule has 0 unspecified atom stereocenters. The van der Waals surface area contributed by atoms with E-state index in [4.69, 9.17) is 9.47 Å². The van der Waals surface area contributed by atoms with Crippen LogP contribution < -0.4 is 10.9 Å². The summed E-state index contributed by atoms with van der Waals surface area (Å²) in [5.74, 6) is -1.45. The minimum Gasteiger partial charge on any atom is -0.454 e. The van der Waals surface area contributed by atoms with Crippen LogP contribution in [0.5, 0.6) is 0 Å². The minimum atomic E-state index is -3.72. The summed E-state index contributed by atoms with van der Waals surface area (Å²) in [5, 5.41) is 2.87. The second-order valence-corrected chi connectivity index (χ2v) is 9.39. The second kappa shape index (κ2) is 10.1. The molecule has 178 valence electrons. The molecule has 1 saturated heterocycles.